The first kappa shape index (κ1) is 22.4. The standard InChI is InChI=1S/C26H28N2O6/c1-16-13-19-14-18(5-6-21(19)34-16)24(30)22-23(17-3-2-4-20(29)15-17)28(26(32)25(22)31)8-7-27-9-11-33-12-10-27/h2-6,14-16,23,29-30H,7-13H2,1H3. The van der Waals surface area contributed by atoms with Crippen LogP contribution in [0.1, 0.15) is 29.7 Å². The summed E-state index contributed by atoms with van der Waals surface area (Å²) in [5.74, 6) is -1.17. The van der Waals surface area contributed by atoms with Crippen LogP contribution in [0.4, 0.5) is 0 Å². The van der Waals surface area contributed by atoms with Crippen molar-refractivity contribution in [3.8, 4) is 11.5 Å². The van der Waals surface area contributed by atoms with Crippen LogP contribution in [0, 0.1) is 0 Å². The van der Waals surface area contributed by atoms with Crippen molar-refractivity contribution in [1.29, 1.82) is 0 Å². The predicted octanol–water partition coefficient (Wildman–Crippen LogP) is -0.145. The van der Waals surface area contributed by atoms with Gasteiger partial charge in [0.1, 0.15) is 30.7 Å². The Morgan fingerprint density at radius 3 is 2.74 bits per heavy atom. The number of nitrogens with one attached hydrogen (secondary N) is 1. The average molecular weight is 465 g/mol. The molecule has 0 bridgehead atoms. The van der Waals surface area contributed by atoms with Crippen molar-refractivity contribution in [2.75, 3.05) is 39.4 Å². The van der Waals surface area contributed by atoms with E-state index in [-0.39, 0.29) is 17.4 Å². The second kappa shape index (κ2) is 9.12. The molecule has 2 atom stereocenters. The van der Waals surface area contributed by atoms with Gasteiger partial charge in [-0.2, -0.15) is 0 Å². The average Bonchev–Trinajstić information content (AvgIpc) is 3.33. The summed E-state index contributed by atoms with van der Waals surface area (Å²) in [5.41, 5.74) is 1.74. The Balaban J connectivity index is 1.53. The van der Waals surface area contributed by atoms with Crippen molar-refractivity contribution < 1.29 is 34.2 Å². The lowest BCUT2D eigenvalue weighted by molar-refractivity contribution is -0.907. The molecule has 1 amide bonds. The summed E-state index contributed by atoms with van der Waals surface area (Å²) >= 11 is 0. The van der Waals surface area contributed by atoms with Crippen LogP contribution in [0.15, 0.2) is 48.0 Å². The first-order chi connectivity index (χ1) is 16.4. The Morgan fingerprint density at radius 1 is 1.18 bits per heavy atom. The van der Waals surface area contributed by atoms with E-state index in [1.54, 1.807) is 30.3 Å². The van der Waals surface area contributed by atoms with Crippen LogP contribution >= 0.6 is 0 Å². The van der Waals surface area contributed by atoms with E-state index in [1.165, 1.54) is 21.9 Å². The van der Waals surface area contributed by atoms with Crippen LogP contribution in [-0.4, -0.2) is 67.2 Å². The van der Waals surface area contributed by atoms with Gasteiger partial charge in [-0.05, 0) is 47.9 Å². The lowest BCUT2D eigenvalue weighted by atomic mass is 9.94. The highest BCUT2D eigenvalue weighted by atomic mass is 16.5. The van der Waals surface area contributed by atoms with E-state index in [4.69, 9.17) is 9.47 Å². The molecule has 3 aliphatic rings. The van der Waals surface area contributed by atoms with Crippen LogP contribution in [0.3, 0.4) is 0 Å². The van der Waals surface area contributed by atoms with Gasteiger partial charge in [0.05, 0.1) is 32.3 Å². The molecule has 2 saturated heterocycles. The highest BCUT2D eigenvalue weighted by Gasteiger charge is 2.44. The summed E-state index contributed by atoms with van der Waals surface area (Å²) in [6.07, 6.45) is 0.712. The Morgan fingerprint density at radius 2 is 1.97 bits per heavy atom. The van der Waals surface area contributed by atoms with E-state index in [0.29, 0.717) is 43.9 Å². The van der Waals surface area contributed by atoms with Crippen molar-refractivity contribution in [2.24, 2.45) is 0 Å². The van der Waals surface area contributed by atoms with Gasteiger partial charge >= 0.3 is 0 Å². The molecule has 2 unspecified atom stereocenters. The van der Waals surface area contributed by atoms with E-state index in [2.05, 4.69) is 0 Å². The number of quaternary nitrogens is 1. The number of ketones is 1. The minimum Gasteiger partial charge on any atom is -0.872 e. The van der Waals surface area contributed by atoms with E-state index in [0.717, 1.165) is 24.4 Å². The number of morpholine rings is 1. The normalized spacial score (nSPS) is 24.3. The largest absolute Gasteiger partial charge is 0.872 e. The summed E-state index contributed by atoms with van der Waals surface area (Å²) < 4.78 is 11.1. The molecule has 5 rings (SSSR count). The van der Waals surface area contributed by atoms with Crippen LogP contribution in [-0.2, 0) is 20.7 Å². The van der Waals surface area contributed by atoms with Gasteiger partial charge in [0.25, 0.3) is 5.91 Å². The molecule has 3 heterocycles. The number of Topliss-reactive ketones (excluding diaryl/α,β-unsaturated/α-hetero) is 1. The number of aromatic hydroxyl groups is 1. The summed E-state index contributed by atoms with van der Waals surface area (Å²) in [6.45, 7) is 5.92. The fourth-order valence-corrected chi connectivity index (χ4v) is 5.05. The minimum absolute atomic E-state index is 0.0125. The number of rotatable bonds is 5. The number of carbonyl (C=O) groups is 2. The minimum atomic E-state index is -0.844. The molecule has 3 aliphatic heterocycles. The SMILES string of the molecule is CC1Cc2cc(C([O-])=C3C(=O)C(=O)N(CC[NH+]4CCOCC4)C3c3cccc(O)c3)ccc2O1. The maximum Gasteiger partial charge on any atom is 0.295 e. The molecule has 0 aromatic heterocycles. The van der Waals surface area contributed by atoms with Gasteiger partial charge in [0.15, 0.2) is 0 Å². The van der Waals surface area contributed by atoms with Crippen LogP contribution in [0.5, 0.6) is 11.5 Å². The third-order valence-electron chi connectivity index (χ3n) is 6.78. The summed E-state index contributed by atoms with van der Waals surface area (Å²) in [4.78, 5) is 29.0. The van der Waals surface area contributed by atoms with Gasteiger partial charge < -0.3 is 29.5 Å². The number of likely N-dealkylation sites (tertiary alicyclic amines) is 1. The van der Waals surface area contributed by atoms with Crippen molar-refractivity contribution >= 4 is 17.4 Å². The smallest absolute Gasteiger partial charge is 0.295 e. The monoisotopic (exact) mass is 464 g/mol. The highest BCUT2D eigenvalue weighted by Crippen LogP contribution is 2.40. The summed E-state index contributed by atoms with van der Waals surface area (Å²) in [6, 6.07) is 10.7. The molecule has 8 nitrogen and oxygen atoms in total. The number of fused-ring (bicyclic) bond motifs is 1. The van der Waals surface area contributed by atoms with Crippen molar-refractivity contribution in [3.63, 3.8) is 0 Å². The number of benzene rings is 2. The number of hydrogen-bond acceptors (Lipinski definition) is 6. The lowest BCUT2D eigenvalue weighted by Crippen LogP contribution is -3.14. The second-order valence-corrected chi connectivity index (χ2v) is 9.14. The molecule has 0 saturated carbocycles. The van der Waals surface area contributed by atoms with Crippen LogP contribution in [0.2, 0.25) is 0 Å². The number of nitrogens with zero attached hydrogens (tertiary/aromatic N) is 1. The Kier molecular flexibility index (Phi) is 6.02. The molecule has 34 heavy (non-hydrogen) atoms. The highest BCUT2D eigenvalue weighted by molar-refractivity contribution is 6.46. The molecule has 2 fully saturated rings. The molecule has 2 aromatic carbocycles. The van der Waals surface area contributed by atoms with Gasteiger partial charge in [0, 0.05) is 12.0 Å². The fourth-order valence-electron chi connectivity index (χ4n) is 5.05. The Labute approximate surface area is 198 Å². The number of hydrogen-bond donors (Lipinski definition) is 2. The Bertz CT molecular complexity index is 1150. The van der Waals surface area contributed by atoms with Gasteiger partial charge in [-0.15, -0.1) is 0 Å². The molecule has 0 aliphatic carbocycles. The van der Waals surface area contributed by atoms with Gasteiger partial charge in [-0.1, -0.05) is 24.0 Å². The number of carbonyl (C=O) groups excluding carboxylic acids is 2. The Hall–Kier alpha value is -3.36. The molecular weight excluding hydrogens is 436 g/mol. The topological polar surface area (TPSA) is 104 Å². The summed E-state index contributed by atoms with van der Waals surface area (Å²) in [7, 11) is 0. The van der Waals surface area contributed by atoms with Crippen LogP contribution < -0.4 is 14.7 Å². The van der Waals surface area contributed by atoms with Crippen molar-refractivity contribution in [1.82, 2.24) is 4.90 Å². The number of phenols is 1. The van der Waals surface area contributed by atoms with Crippen LogP contribution in [0.25, 0.3) is 5.76 Å². The maximum absolute atomic E-state index is 13.6. The number of phenolic OH excluding ortho intramolecular Hbond substituents is 1. The van der Waals surface area contributed by atoms with E-state index in [1.807, 2.05) is 6.92 Å². The van der Waals surface area contributed by atoms with E-state index in [9.17, 15) is 19.8 Å². The second-order valence-electron chi connectivity index (χ2n) is 9.14. The maximum atomic E-state index is 13.6. The van der Waals surface area contributed by atoms with Gasteiger partial charge in [-0.3, -0.25) is 9.59 Å². The quantitative estimate of drug-likeness (QED) is 0.363. The van der Waals surface area contributed by atoms with Gasteiger partial charge in [0.2, 0.25) is 5.78 Å². The summed E-state index contributed by atoms with van der Waals surface area (Å²) in [5, 5.41) is 23.7. The molecule has 2 aromatic rings. The van der Waals surface area contributed by atoms with E-state index >= 15 is 0 Å². The zero-order valence-electron chi connectivity index (χ0n) is 19.1. The lowest BCUT2D eigenvalue weighted by Gasteiger charge is -2.30. The molecule has 0 radical (unpaired) electrons. The van der Waals surface area contributed by atoms with Crippen molar-refractivity contribution in [2.45, 2.75) is 25.5 Å². The first-order valence-electron chi connectivity index (χ1n) is 11.7. The third kappa shape index (κ3) is 4.15. The van der Waals surface area contributed by atoms with E-state index < -0.39 is 23.5 Å². The molecule has 0 spiro atoms. The molecule has 2 N–H and O–H groups in total. The number of amides is 1. The zero-order chi connectivity index (χ0) is 23.8. The molecule has 8 heteroatoms. The zero-order valence-corrected chi connectivity index (χ0v) is 19.1. The number of ether oxygens (including phenoxy) is 2. The first-order valence-corrected chi connectivity index (χ1v) is 11.7. The van der Waals surface area contributed by atoms with Crippen molar-refractivity contribution in [3.05, 3.63) is 64.7 Å². The molecular formula is C26H28N2O6. The predicted molar refractivity (Wildman–Crippen MR) is 121 cm³/mol. The fraction of sp³-hybridized carbons (Fsp3) is 0.385. The third-order valence-corrected chi connectivity index (χ3v) is 6.78. The molecule has 178 valence electrons. The van der Waals surface area contributed by atoms with Gasteiger partial charge in [-0.25, -0.2) is 0 Å².